The Bertz CT molecular complexity index is 309. The molecule has 0 unspecified atom stereocenters. The van der Waals surface area contributed by atoms with Crippen LogP contribution in [0.25, 0.3) is 0 Å². The zero-order chi connectivity index (χ0) is 13.8. The van der Waals surface area contributed by atoms with Crippen molar-refractivity contribution < 1.29 is 19.1 Å². The number of ether oxygens (including phenoxy) is 1. The minimum absolute atomic E-state index is 0.302. The van der Waals surface area contributed by atoms with Crippen molar-refractivity contribution in [2.24, 2.45) is 11.5 Å². The van der Waals surface area contributed by atoms with Crippen molar-refractivity contribution in [1.29, 1.82) is 0 Å². The molecule has 0 radical (unpaired) electrons. The zero-order valence-corrected chi connectivity index (χ0v) is 9.69. The van der Waals surface area contributed by atoms with Crippen LogP contribution in [0.15, 0.2) is 24.9 Å². The van der Waals surface area contributed by atoms with Gasteiger partial charge in [0, 0.05) is 11.8 Å². The summed E-state index contributed by atoms with van der Waals surface area (Å²) >= 11 is 0. The van der Waals surface area contributed by atoms with E-state index in [0.717, 1.165) is 6.08 Å². The monoisotopic (exact) mass is 243 g/mol. The van der Waals surface area contributed by atoms with Gasteiger partial charge in [-0.15, -0.1) is 0 Å². The first-order chi connectivity index (χ1) is 7.83. The third-order valence-electron chi connectivity index (χ3n) is 1.26. The molecule has 7 nitrogen and oxygen atoms in total. The molecule has 0 saturated heterocycles. The number of carbonyl (C=O) groups excluding carboxylic acids is 3. The minimum Gasteiger partial charge on any atom is -0.452 e. The van der Waals surface area contributed by atoms with Gasteiger partial charge in [0.1, 0.15) is 0 Å². The summed E-state index contributed by atoms with van der Waals surface area (Å²) in [5, 5.41) is 2.46. The molecule has 96 valence electrons. The normalized spacial score (nSPS) is 8.06. The lowest BCUT2D eigenvalue weighted by molar-refractivity contribution is -0.143. The van der Waals surface area contributed by atoms with Gasteiger partial charge in [-0.25, -0.2) is 9.59 Å². The van der Waals surface area contributed by atoms with Crippen LogP contribution in [-0.2, 0) is 14.3 Å². The fourth-order valence-electron chi connectivity index (χ4n) is 0.517. The second kappa shape index (κ2) is 10.2. The van der Waals surface area contributed by atoms with Crippen LogP contribution in [0.4, 0.5) is 4.79 Å². The van der Waals surface area contributed by atoms with Crippen LogP contribution in [-0.4, -0.2) is 24.5 Å². The lowest BCUT2D eigenvalue weighted by Crippen LogP contribution is -2.27. The van der Waals surface area contributed by atoms with Crippen LogP contribution < -0.4 is 16.8 Å². The molecule has 3 amide bonds. The number of esters is 1. The van der Waals surface area contributed by atoms with Gasteiger partial charge in [0.25, 0.3) is 5.91 Å². The lowest BCUT2D eigenvalue weighted by atomic mass is 10.4. The molecule has 0 fully saturated rings. The van der Waals surface area contributed by atoms with E-state index < -0.39 is 12.0 Å². The van der Waals surface area contributed by atoms with Crippen molar-refractivity contribution >= 4 is 17.9 Å². The number of carbonyl (C=O) groups is 3. The number of rotatable bonds is 5. The maximum absolute atomic E-state index is 10.9. The van der Waals surface area contributed by atoms with Gasteiger partial charge < -0.3 is 21.5 Å². The number of allylic oxidation sites excluding steroid dienone is 1. The largest absolute Gasteiger partial charge is 0.452 e. The molecular weight excluding hydrogens is 226 g/mol. The van der Waals surface area contributed by atoms with Crippen molar-refractivity contribution in [3.63, 3.8) is 0 Å². The first kappa shape index (κ1) is 17.1. The molecule has 0 aliphatic carbocycles. The Balaban J connectivity index is 0. The van der Waals surface area contributed by atoms with Crippen LogP contribution >= 0.6 is 0 Å². The van der Waals surface area contributed by atoms with Gasteiger partial charge in [-0.3, -0.25) is 4.79 Å². The maximum atomic E-state index is 10.9. The summed E-state index contributed by atoms with van der Waals surface area (Å²) in [4.78, 5) is 30.5. The van der Waals surface area contributed by atoms with Crippen molar-refractivity contribution in [2.45, 2.75) is 13.3 Å². The van der Waals surface area contributed by atoms with Gasteiger partial charge in [0.15, 0.2) is 6.61 Å². The van der Waals surface area contributed by atoms with Crippen LogP contribution in [0, 0.1) is 0 Å². The van der Waals surface area contributed by atoms with Gasteiger partial charge in [0.05, 0.1) is 0 Å². The average Bonchev–Trinajstić information content (AvgIpc) is 2.24. The standard InChI is InChI=1S/C9H13NO3.CH4N2O/c1-4-7(3)10-8(11)6-13-9(12)5-2;2-1(3)4/h5H,2-4,6H2,1H3,(H,10,11);(H4,2,3,4). The molecule has 0 aliphatic rings. The first-order valence-corrected chi connectivity index (χ1v) is 4.65. The van der Waals surface area contributed by atoms with Crippen LogP contribution in [0.3, 0.4) is 0 Å². The zero-order valence-electron chi connectivity index (χ0n) is 9.69. The highest BCUT2D eigenvalue weighted by Crippen LogP contribution is 1.90. The first-order valence-electron chi connectivity index (χ1n) is 4.65. The highest BCUT2D eigenvalue weighted by atomic mass is 16.5. The molecule has 0 bridgehead atoms. The molecule has 5 N–H and O–H groups in total. The third kappa shape index (κ3) is 16.4. The minimum atomic E-state index is -0.833. The Kier molecular flexibility index (Phi) is 10.3. The van der Waals surface area contributed by atoms with E-state index >= 15 is 0 Å². The molecule has 17 heavy (non-hydrogen) atoms. The van der Waals surface area contributed by atoms with Gasteiger partial charge in [-0.2, -0.15) is 0 Å². The number of hydrogen-bond donors (Lipinski definition) is 3. The topological polar surface area (TPSA) is 125 Å². The Morgan fingerprint density at radius 2 is 1.82 bits per heavy atom. The molecular formula is C10H17N3O4. The Labute approximate surface area is 99.5 Å². The molecule has 0 aliphatic heterocycles. The fraction of sp³-hybridized carbons (Fsp3) is 0.300. The fourth-order valence-corrected chi connectivity index (χ4v) is 0.517. The predicted molar refractivity (Wildman–Crippen MR) is 62.5 cm³/mol. The number of urea groups is 1. The van der Waals surface area contributed by atoms with Crippen LogP contribution in [0.1, 0.15) is 13.3 Å². The molecule has 0 saturated carbocycles. The van der Waals surface area contributed by atoms with Crippen LogP contribution in [0.5, 0.6) is 0 Å². The van der Waals surface area contributed by atoms with E-state index in [1.165, 1.54) is 0 Å². The van der Waals surface area contributed by atoms with Crippen molar-refractivity contribution in [3.8, 4) is 0 Å². The number of amides is 3. The van der Waals surface area contributed by atoms with Gasteiger partial charge >= 0.3 is 12.0 Å². The van der Waals surface area contributed by atoms with Crippen molar-refractivity contribution in [2.75, 3.05) is 6.61 Å². The third-order valence-corrected chi connectivity index (χ3v) is 1.26. The molecule has 0 spiro atoms. The molecule has 0 heterocycles. The summed E-state index contributed by atoms with van der Waals surface area (Å²) in [6.07, 6.45) is 1.66. The Hall–Kier alpha value is -2.31. The van der Waals surface area contributed by atoms with E-state index in [-0.39, 0.29) is 12.5 Å². The number of primary amides is 2. The second-order valence-corrected chi connectivity index (χ2v) is 2.72. The highest BCUT2D eigenvalue weighted by Gasteiger charge is 2.04. The SMILES string of the molecule is C=CC(=O)OCC(=O)NC(=C)CC.NC(N)=O. The Morgan fingerprint density at radius 3 is 2.18 bits per heavy atom. The van der Waals surface area contributed by atoms with E-state index in [1.807, 2.05) is 6.92 Å². The summed E-state index contributed by atoms with van der Waals surface area (Å²) in [5.41, 5.74) is 9.10. The van der Waals surface area contributed by atoms with Crippen molar-refractivity contribution in [1.82, 2.24) is 5.32 Å². The Morgan fingerprint density at radius 1 is 1.35 bits per heavy atom. The highest BCUT2D eigenvalue weighted by molar-refractivity contribution is 5.85. The molecule has 0 aromatic heterocycles. The summed E-state index contributed by atoms with van der Waals surface area (Å²) in [7, 11) is 0. The molecule has 0 aromatic rings. The maximum Gasteiger partial charge on any atom is 0.330 e. The summed E-state index contributed by atoms with van der Waals surface area (Å²) in [5.74, 6) is -1.00. The van der Waals surface area contributed by atoms with Crippen molar-refractivity contribution in [3.05, 3.63) is 24.9 Å². The van der Waals surface area contributed by atoms with E-state index in [2.05, 4.69) is 34.7 Å². The van der Waals surface area contributed by atoms with E-state index in [0.29, 0.717) is 12.1 Å². The summed E-state index contributed by atoms with van der Waals surface area (Å²) in [6, 6.07) is -0.833. The molecule has 0 atom stereocenters. The van der Waals surface area contributed by atoms with E-state index in [9.17, 15) is 9.59 Å². The molecule has 7 heteroatoms. The smallest absolute Gasteiger partial charge is 0.330 e. The number of hydrogen-bond acceptors (Lipinski definition) is 4. The van der Waals surface area contributed by atoms with E-state index in [4.69, 9.17) is 4.79 Å². The van der Waals surface area contributed by atoms with Gasteiger partial charge in [0.2, 0.25) is 0 Å². The average molecular weight is 243 g/mol. The molecule has 0 aromatic carbocycles. The van der Waals surface area contributed by atoms with Crippen LogP contribution in [0.2, 0.25) is 0 Å². The summed E-state index contributed by atoms with van der Waals surface area (Å²) < 4.78 is 4.49. The summed E-state index contributed by atoms with van der Waals surface area (Å²) in [6.45, 7) is 8.32. The van der Waals surface area contributed by atoms with Gasteiger partial charge in [-0.1, -0.05) is 20.1 Å². The van der Waals surface area contributed by atoms with E-state index in [1.54, 1.807) is 0 Å². The predicted octanol–water partition coefficient (Wildman–Crippen LogP) is -0.221. The second-order valence-electron chi connectivity index (χ2n) is 2.72. The van der Waals surface area contributed by atoms with Gasteiger partial charge in [-0.05, 0) is 6.42 Å². The number of nitrogens with one attached hydrogen (secondary N) is 1. The number of nitrogens with two attached hydrogens (primary N) is 2. The molecule has 0 rings (SSSR count). The lowest BCUT2D eigenvalue weighted by Gasteiger charge is -2.05. The quantitative estimate of drug-likeness (QED) is 0.456.